The first-order valence-corrected chi connectivity index (χ1v) is 9.53. The molecule has 0 fully saturated rings. The minimum absolute atomic E-state index is 0.0557. The van der Waals surface area contributed by atoms with Crippen molar-refractivity contribution in [3.8, 4) is 0 Å². The summed E-state index contributed by atoms with van der Waals surface area (Å²) in [6, 6.07) is 7.60. The lowest BCUT2D eigenvalue weighted by Crippen LogP contribution is -2.44. The molecule has 0 bridgehead atoms. The van der Waals surface area contributed by atoms with Crippen molar-refractivity contribution in [1.29, 1.82) is 0 Å². The average molecular weight is 396 g/mol. The summed E-state index contributed by atoms with van der Waals surface area (Å²) in [6.07, 6.45) is 3.52. The Morgan fingerprint density at radius 1 is 1.15 bits per heavy atom. The molecule has 10 heteroatoms. The van der Waals surface area contributed by atoms with Gasteiger partial charge in [0, 0.05) is 26.3 Å². The van der Waals surface area contributed by atoms with Crippen molar-refractivity contribution in [3.63, 3.8) is 0 Å². The SMILES string of the molecule is COP(=O)(C/C=C/Cn1cc(F)c(=O)n(C(=O)c2ccccc2)c1=O)OC. The van der Waals surface area contributed by atoms with Crippen LogP contribution < -0.4 is 11.2 Å². The second kappa shape index (κ2) is 8.85. The molecule has 0 saturated carbocycles. The van der Waals surface area contributed by atoms with E-state index in [1.54, 1.807) is 18.2 Å². The third-order valence-corrected chi connectivity index (χ3v) is 5.46. The zero-order chi connectivity index (χ0) is 20.0. The van der Waals surface area contributed by atoms with Gasteiger partial charge in [-0.3, -0.25) is 18.7 Å². The van der Waals surface area contributed by atoms with E-state index < -0.39 is 30.6 Å². The van der Waals surface area contributed by atoms with Crippen LogP contribution in [-0.2, 0) is 20.2 Å². The van der Waals surface area contributed by atoms with E-state index in [1.807, 2.05) is 0 Å². The first-order valence-electron chi connectivity index (χ1n) is 7.80. The van der Waals surface area contributed by atoms with Crippen LogP contribution in [-0.4, -0.2) is 35.4 Å². The fourth-order valence-electron chi connectivity index (χ4n) is 2.20. The minimum Gasteiger partial charge on any atom is -0.312 e. The third kappa shape index (κ3) is 4.77. The van der Waals surface area contributed by atoms with Crippen molar-refractivity contribution in [1.82, 2.24) is 9.13 Å². The van der Waals surface area contributed by atoms with Gasteiger partial charge in [-0.2, -0.15) is 8.96 Å². The van der Waals surface area contributed by atoms with E-state index in [0.29, 0.717) is 0 Å². The molecule has 27 heavy (non-hydrogen) atoms. The monoisotopic (exact) mass is 396 g/mol. The molecule has 0 saturated heterocycles. The minimum atomic E-state index is -3.25. The van der Waals surface area contributed by atoms with Gasteiger partial charge in [0.15, 0.2) is 0 Å². The molecule has 0 aliphatic heterocycles. The Bertz CT molecular complexity index is 1000. The Hall–Kier alpha value is -2.61. The van der Waals surface area contributed by atoms with Gasteiger partial charge in [0.05, 0.1) is 12.4 Å². The topological polar surface area (TPSA) is 96.6 Å². The second-order valence-electron chi connectivity index (χ2n) is 5.35. The molecule has 0 amide bonds. The summed E-state index contributed by atoms with van der Waals surface area (Å²) in [5.41, 5.74) is -2.23. The van der Waals surface area contributed by atoms with Crippen molar-refractivity contribution >= 4 is 13.5 Å². The summed E-state index contributed by atoms with van der Waals surface area (Å²) in [6.45, 7) is -0.147. The van der Waals surface area contributed by atoms with Crippen molar-refractivity contribution in [2.24, 2.45) is 0 Å². The molecule has 0 N–H and O–H groups in total. The summed E-state index contributed by atoms with van der Waals surface area (Å²) in [4.78, 5) is 36.8. The van der Waals surface area contributed by atoms with E-state index in [1.165, 1.54) is 38.5 Å². The Morgan fingerprint density at radius 2 is 1.78 bits per heavy atom. The summed E-state index contributed by atoms with van der Waals surface area (Å²) >= 11 is 0. The maximum absolute atomic E-state index is 13.9. The van der Waals surface area contributed by atoms with Crippen LogP contribution in [0.25, 0.3) is 0 Å². The molecule has 0 spiro atoms. The van der Waals surface area contributed by atoms with Crippen LogP contribution in [0.3, 0.4) is 0 Å². The van der Waals surface area contributed by atoms with Gasteiger partial charge in [-0.25, -0.2) is 4.79 Å². The summed E-state index contributed by atoms with van der Waals surface area (Å²) in [5, 5.41) is 0. The van der Waals surface area contributed by atoms with Gasteiger partial charge in [-0.15, -0.1) is 0 Å². The number of allylic oxidation sites excluding steroid dienone is 2. The Labute approximate surface area is 154 Å². The smallest absolute Gasteiger partial charge is 0.312 e. The lowest BCUT2D eigenvalue weighted by Gasteiger charge is -2.11. The normalized spacial score (nSPS) is 11.8. The number of halogens is 1. The number of hydrogen-bond donors (Lipinski definition) is 0. The number of rotatable bonds is 7. The zero-order valence-corrected chi connectivity index (χ0v) is 15.6. The molecule has 0 atom stereocenters. The molecule has 0 aliphatic rings. The second-order valence-corrected chi connectivity index (χ2v) is 7.67. The molecule has 2 rings (SSSR count). The summed E-state index contributed by atoms with van der Waals surface area (Å²) < 4.78 is 36.5. The van der Waals surface area contributed by atoms with Crippen molar-refractivity contribution in [2.45, 2.75) is 6.54 Å². The van der Waals surface area contributed by atoms with Crippen molar-refractivity contribution in [3.05, 3.63) is 80.9 Å². The third-order valence-electron chi connectivity index (χ3n) is 3.69. The molecule has 1 heterocycles. The first-order chi connectivity index (χ1) is 12.8. The predicted octanol–water partition coefficient (Wildman–Crippen LogP) is 1.88. The van der Waals surface area contributed by atoms with Crippen LogP contribution in [0.4, 0.5) is 4.39 Å². The van der Waals surface area contributed by atoms with E-state index in [4.69, 9.17) is 9.05 Å². The lowest BCUT2D eigenvalue weighted by atomic mass is 10.2. The van der Waals surface area contributed by atoms with Gasteiger partial charge >= 0.3 is 13.3 Å². The molecule has 0 unspecified atom stereocenters. The first kappa shape index (κ1) is 20.7. The van der Waals surface area contributed by atoms with Crippen LogP contribution in [0.5, 0.6) is 0 Å². The van der Waals surface area contributed by atoms with Gasteiger partial charge in [-0.1, -0.05) is 30.4 Å². The Kier molecular flexibility index (Phi) is 6.79. The molecule has 2 aromatic rings. The fraction of sp³-hybridized carbons (Fsp3) is 0.235. The molecular weight excluding hydrogens is 378 g/mol. The molecule has 0 aliphatic carbocycles. The van der Waals surface area contributed by atoms with Crippen molar-refractivity contribution in [2.75, 3.05) is 20.4 Å². The van der Waals surface area contributed by atoms with Gasteiger partial charge < -0.3 is 9.05 Å². The van der Waals surface area contributed by atoms with Crippen LogP contribution in [0.2, 0.25) is 0 Å². The van der Waals surface area contributed by atoms with E-state index >= 15 is 0 Å². The number of aromatic nitrogens is 2. The standard InChI is InChI=1S/C17H18FN2O6P/c1-25-27(24,26-2)11-7-6-10-19-12-14(18)16(22)20(17(19)23)15(21)13-8-4-3-5-9-13/h3-9,12H,10-11H2,1-2H3/b7-6+. The summed E-state index contributed by atoms with van der Waals surface area (Å²) in [5.74, 6) is -2.17. The molecular formula is C17H18FN2O6P. The fourth-order valence-corrected chi connectivity index (χ4v) is 3.06. The van der Waals surface area contributed by atoms with Crippen molar-refractivity contribution < 1.29 is 22.8 Å². The molecule has 1 aromatic heterocycles. The largest absolute Gasteiger partial charge is 0.338 e. The highest BCUT2D eigenvalue weighted by Gasteiger charge is 2.19. The highest BCUT2D eigenvalue weighted by Crippen LogP contribution is 2.46. The molecule has 1 aromatic carbocycles. The van der Waals surface area contributed by atoms with E-state index in [2.05, 4.69) is 0 Å². The highest BCUT2D eigenvalue weighted by atomic mass is 31.2. The number of carbonyl (C=O) groups is 1. The Balaban J connectivity index is 2.34. The Morgan fingerprint density at radius 3 is 2.37 bits per heavy atom. The van der Waals surface area contributed by atoms with E-state index in [0.717, 1.165) is 10.8 Å². The number of hydrogen-bond acceptors (Lipinski definition) is 6. The van der Waals surface area contributed by atoms with Gasteiger partial charge in [0.1, 0.15) is 0 Å². The van der Waals surface area contributed by atoms with E-state index in [-0.39, 0.29) is 22.8 Å². The maximum Gasteiger partial charge on any atom is 0.338 e. The van der Waals surface area contributed by atoms with Crippen LogP contribution >= 0.6 is 7.60 Å². The lowest BCUT2D eigenvalue weighted by molar-refractivity contribution is 0.0946. The number of nitrogens with zero attached hydrogens (tertiary/aromatic N) is 2. The van der Waals surface area contributed by atoms with Gasteiger partial charge in [0.2, 0.25) is 5.82 Å². The van der Waals surface area contributed by atoms with Gasteiger partial charge in [-0.05, 0) is 12.1 Å². The maximum atomic E-state index is 13.9. The molecule has 0 radical (unpaired) electrons. The molecule has 8 nitrogen and oxygen atoms in total. The number of carbonyl (C=O) groups excluding carboxylic acids is 1. The number of benzene rings is 1. The molecule has 144 valence electrons. The van der Waals surface area contributed by atoms with E-state index in [9.17, 15) is 23.3 Å². The van der Waals surface area contributed by atoms with Crippen LogP contribution in [0, 0.1) is 5.82 Å². The van der Waals surface area contributed by atoms with Crippen LogP contribution in [0.15, 0.2) is 58.3 Å². The quantitative estimate of drug-likeness (QED) is 0.524. The summed E-state index contributed by atoms with van der Waals surface area (Å²) in [7, 11) is -0.776. The average Bonchev–Trinajstić information content (AvgIpc) is 2.69. The highest BCUT2D eigenvalue weighted by molar-refractivity contribution is 7.54. The predicted molar refractivity (Wildman–Crippen MR) is 96.7 cm³/mol. The van der Waals surface area contributed by atoms with Crippen LogP contribution in [0.1, 0.15) is 10.4 Å². The zero-order valence-electron chi connectivity index (χ0n) is 14.7. The van der Waals surface area contributed by atoms with Gasteiger partial charge in [0.25, 0.3) is 11.5 Å².